The highest BCUT2D eigenvalue weighted by atomic mass is 79.9. The summed E-state index contributed by atoms with van der Waals surface area (Å²) in [6, 6.07) is 3.88. The minimum Gasteiger partial charge on any atom is -0.506 e. The van der Waals surface area contributed by atoms with Crippen molar-refractivity contribution in [2.24, 2.45) is 11.8 Å². The molecule has 1 aromatic rings. The van der Waals surface area contributed by atoms with E-state index >= 15 is 0 Å². The van der Waals surface area contributed by atoms with Gasteiger partial charge in [0.25, 0.3) is 0 Å². The molecular formula is C13H19Br2NO. The molecule has 0 radical (unpaired) electrons. The van der Waals surface area contributed by atoms with Crippen molar-refractivity contribution < 1.29 is 5.11 Å². The second-order valence-corrected chi connectivity index (χ2v) is 6.47. The number of phenols is 1. The molecular weight excluding hydrogens is 346 g/mol. The molecule has 0 amide bonds. The van der Waals surface area contributed by atoms with Crippen molar-refractivity contribution in [2.75, 3.05) is 6.54 Å². The molecule has 0 aliphatic heterocycles. The quantitative estimate of drug-likeness (QED) is 0.816. The molecule has 1 aromatic carbocycles. The molecule has 17 heavy (non-hydrogen) atoms. The van der Waals surface area contributed by atoms with E-state index in [2.05, 4.69) is 57.9 Å². The summed E-state index contributed by atoms with van der Waals surface area (Å²) in [5, 5.41) is 13.0. The number of benzene rings is 1. The number of hydrogen-bond donors (Lipinski definition) is 2. The topological polar surface area (TPSA) is 32.3 Å². The number of hydrogen-bond acceptors (Lipinski definition) is 2. The van der Waals surface area contributed by atoms with Crippen LogP contribution in [0.3, 0.4) is 0 Å². The predicted octanol–water partition coefficient (Wildman–Crippen LogP) is 4.30. The zero-order valence-electron chi connectivity index (χ0n) is 10.4. The van der Waals surface area contributed by atoms with E-state index in [1.807, 2.05) is 12.1 Å². The smallest absolute Gasteiger partial charge is 0.143 e. The molecule has 0 saturated heterocycles. The summed E-state index contributed by atoms with van der Waals surface area (Å²) >= 11 is 6.67. The van der Waals surface area contributed by atoms with Crippen molar-refractivity contribution in [3.8, 4) is 5.75 Å². The van der Waals surface area contributed by atoms with E-state index in [1.54, 1.807) is 0 Å². The first kappa shape index (κ1) is 15.0. The summed E-state index contributed by atoms with van der Waals surface area (Å²) in [7, 11) is 0. The fourth-order valence-electron chi connectivity index (χ4n) is 1.40. The average molecular weight is 365 g/mol. The van der Waals surface area contributed by atoms with E-state index in [9.17, 15) is 5.11 Å². The first-order valence-corrected chi connectivity index (χ1v) is 7.38. The van der Waals surface area contributed by atoms with Crippen molar-refractivity contribution in [3.05, 3.63) is 26.6 Å². The Morgan fingerprint density at radius 3 is 2.18 bits per heavy atom. The largest absolute Gasteiger partial charge is 0.506 e. The Labute approximate surface area is 120 Å². The summed E-state index contributed by atoms with van der Waals surface area (Å²) in [6.07, 6.45) is 0. The lowest BCUT2D eigenvalue weighted by Crippen LogP contribution is -2.23. The number of phenolic OH excluding ortho intramolecular Hbond substituents is 1. The maximum atomic E-state index is 9.60. The first-order chi connectivity index (χ1) is 7.91. The fourth-order valence-corrected chi connectivity index (χ4v) is 2.68. The van der Waals surface area contributed by atoms with Gasteiger partial charge in [-0.1, -0.05) is 20.8 Å². The molecule has 0 fully saturated rings. The second kappa shape index (κ2) is 6.76. The van der Waals surface area contributed by atoms with Gasteiger partial charge >= 0.3 is 0 Å². The molecule has 1 atom stereocenters. The van der Waals surface area contributed by atoms with E-state index in [-0.39, 0.29) is 5.75 Å². The van der Waals surface area contributed by atoms with Crippen molar-refractivity contribution in [2.45, 2.75) is 27.3 Å². The molecule has 0 aliphatic rings. The Bertz CT molecular complexity index is 357. The van der Waals surface area contributed by atoms with Crippen LogP contribution >= 0.6 is 31.9 Å². The Morgan fingerprint density at radius 2 is 1.71 bits per heavy atom. The Hall–Kier alpha value is -0.0600. The summed E-state index contributed by atoms with van der Waals surface area (Å²) in [5.41, 5.74) is 1.15. The fraction of sp³-hybridized carbons (Fsp3) is 0.538. The first-order valence-electron chi connectivity index (χ1n) is 5.79. The van der Waals surface area contributed by atoms with Crippen LogP contribution in [0, 0.1) is 11.8 Å². The molecule has 0 spiro atoms. The van der Waals surface area contributed by atoms with Crippen LogP contribution in [0.15, 0.2) is 21.1 Å². The highest BCUT2D eigenvalue weighted by Crippen LogP contribution is 2.33. The number of halogens is 2. The van der Waals surface area contributed by atoms with Gasteiger partial charge in [-0.15, -0.1) is 0 Å². The molecule has 0 heterocycles. The van der Waals surface area contributed by atoms with Crippen LogP contribution in [0.1, 0.15) is 26.3 Å². The normalized spacial score (nSPS) is 13.1. The van der Waals surface area contributed by atoms with Gasteiger partial charge in [-0.25, -0.2) is 0 Å². The minimum absolute atomic E-state index is 0.254. The lowest BCUT2D eigenvalue weighted by molar-refractivity contribution is 0.392. The third-order valence-corrected chi connectivity index (χ3v) is 4.22. The monoisotopic (exact) mass is 363 g/mol. The van der Waals surface area contributed by atoms with E-state index in [4.69, 9.17) is 0 Å². The van der Waals surface area contributed by atoms with Crippen LogP contribution in [0.25, 0.3) is 0 Å². The second-order valence-electron chi connectivity index (χ2n) is 4.76. The Morgan fingerprint density at radius 1 is 1.18 bits per heavy atom. The van der Waals surface area contributed by atoms with Crippen molar-refractivity contribution in [1.82, 2.24) is 5.32 Å². The van der Waals surface area contributed by atoms with E-state index in [0.29, 0.717) is 11.8 Å². The molecule has 0 aromatic heterocycles. The molecule has 0 saturated carbocycles. The SMILES string of the molecule is CC(C)C(C)CNCc1cc(Br)c(O)c(Br)c1. The van der Waals surface area contributed by atoms with Crippen LogP contribution in [0.4, 0.5) is 0 Å². The van der Waals surface area contributed by atoms with Gasteiger partial charge in [0.05, 0.1) is 8.95 Å². The van der Waals surface area contributed by atoms with Crippen molar-refractivity contribution in [1.29, 1.82) is 0 Å². The molecule has 0 bridgehead atoms. The summed E-state index contributed by atoms with van der Waals surface area (Å²) < 4.78 is 1.45. The molecule has 0 aliphatic carbocycles. The highest BCUT2D eigenvalue weighted by Gasteiger charge is 2.08. The summed E-state index contributed by atoms with van der Waals surface area (Å²) in [6.45, 7) is 8.54. The van der Waals surface area contributed by atoms with Crippen LogP contribution in [0.2, 0.25) is 0 Å². The number of rotatable bonds is 5. The van der Waals surface area contributed by atoms with E-state index in [0.717, 1.165) is 27.6 Å². The van der Waals surface area contributed by atoms with Crippen LogP contribution in [0.5, 0.6) is 5.75 Å². The zero-order valence-corrected chi connectivity index (χ0v) is 13.6. The number of nitrogens with one attached hydrogen (secondary N) is 1. The van der Waals surface area contributed by atoms with Crippen molar-refractivity contribution in [3.63, 3.8) is 0 Å². The van der Waals surface area contributed by atoms with Gasteiger partial charge in [0.1, 0.15) is 5.75 Å². The van der Waals surface area contributed by atoms with Crippen LogP contribution < -0.4 is 5.32 Å². The van der Waals surface area contributed by atoms with Crippen molar-refractivity contribution >= 4 is 31.9 Å². The van der Waals surface area contributed by atoms with Gasteiger partial charge in [0.15, 0.2) is 0 Å². The average Bonchev–Trinajstić information content (AvgIpc) is 2.25. The Balaban J connectivity index is 2.53. The predicted molar refractivity (Wildman–Crippen MR) is 79.2 cm³/mol. The van der Waals surface area contributed by atoms with Gasteiger partial charge < -0.3 is 10.4 Å². The van der Waals surface area contributed by atoms with Gasteiger partial charge in [0, 0.05) is 6.54 Å². The summed E-state index contributed by atoms with van der Waals surface area (Å²) in [4.78, 5) is 0. The van der Waals surface area contributed by atoms with Gasteiger partial charge in [0.2, 0.25) is 0 Å². The molecule has 1 rings (SSSR count). The van der Waals surface area contributed by atoms with Gasteiger partial charge in [-0.3, -0.25) is 0 Å². The third kappa shape index (κ3) is 4.60. The zero-order chi connectivity index (χ0) is 13.0. The number of aromatic hydroxyl groups is 1. The van der Waals surface area contributed by atoms with E-state index < -0.39 is 0 Å². The van der Waals surface area contributed by atoms with Crippen LogP contribution in [-0.2, 0) is 6.54 Å². The highest BCUT2D eigenvalue weighted by molar-refractivity contribution is 9.11. The van der Waals surface area contributed by atoms with Gasteiger partial charge in [-0.2, -0.15) is 0 Å². The molecule has 96 valence electrons. The standard InChI is InChI=1S/C13H19Br2NO/c1-8(2)9(3)6-16-7-10-4-11(14)13(17)12(15)5-10/h4-5,8-9,16-17H,6-7H2,1-3H3. The van der Waals surface area contributed by atoms with Crippen LogP contribution in [-0.4, -0.2) is 11.7 Å². The lowest BCUT2D eigenvalue weighted by Gasteiger charge is -2.16. The molecule has 2 nitrogen and oxygen atoms in total. The molecule has 4 heteroatoms. The summed E-state index contributed by atoms with van der Waals surface area (Å²) in [5.74, 6) is 1.61. The van der Waals surface area contributed by atoms with E-state index in [1.165, 1.54) is 0 Å². The molecule has 2 N–H and O–H groups in total. The maximum Gasteiger partial charge on any atom is 0.143 e. The minimum atomic E-state index is 0.254. The lowest BCUT2D eigenvalue weighted by atomic mass is 9.98. The maximum absolute atomic E-state index is 9.60. The third-order valence-electron chi connectivity index (χ3n) is 3.01. The Kier molecular flexibility index (Phi) is 5.97. The van der Waals surface area contributed by atoms with Gasteiger partial charge in [-0.05, 0) is 67.9 Å². The molecule has 1 unspecified atom stereocenters.